The zero-order valence-corrected chi connectivity index (χ0v) is 11.9. The third-order valence-electron chi connectivity index (χ3n) is 4.32. The first kappa shape index (κ1) is 13.4. The fourth-order valence-corrected chi connectivity index (χ4v) is 3.51. The third kappa shape index (κ3) is 2.54. The van der Waals surface area contributed by atoms with Crippen LogP contribution in [0.15, 0.2) is 30.3 Å². The van der Waals surface area contributed by atoms with E-state index in [4.69, 9.17) is 21.1 Å². The summed E-state index contributed by atoms with van der Waals surface area (Å²) in [5.74, 6) is 0.402. The van der Waals surface area contributed by atoms with E-state index in [9.17, 15) is 0 Å². The van der Waals surface area contributed by atoms with Crippen LogP contribution >= 0.6 is 11.6 Å². The number of alkyl halides is 1. The van der Waals surface area contributed by atoms with E-state index >= 15 is 0 Å². The number of halogens is 1. The lowest BCUT2D eigenvalue weighted by molar-refractivity contribution is -0.219. The van der Waals surface area contributed by atoms with Gasteiger partial charge >= 0.3 is 0 Å². The monoisotopic (exact) mass is 280 g/mol. The van der Waals surface area contributed by atoms with Crippen molar-refractivity contribution in [3.05, 3.63) is 35.9 Å². The standard InChI is InChI=1S/C16H21ClO2/c17-11-15-12-18-16(19-15,13-7-3-1-4-8-13)14-9-5-2-6-10-14/h1,3-4,7-8,14-15H,2,5-6,9-12H2. The van der Waals surface area contributed by atoms with E-state index in [1.807, 2.05) is 6.07 Å². The molecule has 2 unspecified atom stereocenters. The van der Waals surface area contributed by atoms with Gasteiger partial charge in [-0.1, -0.05) is 49.6 Å². The maximum atomic E-state index is 6.27. The molecule has 2 atom stereocenters. The Kier molecular flexibility index (Phi) is 4.11. The van der Waals surface area contributed by atoms with Crippen LogP contribution in [0, 0.1) is 5.92 Å². The Morgan fingerprint density at radius 2 is 1.84 bits per heavy atom. The van der Waals surface area contributed by atoms with Crippen molar-refractivity contribution in [2.75, 3.05) is 12.5 Å². The number of rotatable bonds is 3. The van der Waals surface area contributed by atoms with Gasteiger partial charge in [-0.2, -0.15) is 0 Å². The smallest absolute Gasteiger partial charge is 0.198 e. The van der Waals surface area contributed by atoms with Crippen LogP contribution in [0.1, 0.15) is 37.7 Å². The Balaban J connectivity index is 1.91. The van der Waals surface area contributed by atoms with E-state index in [1.54, 1.807) is 0 Å². The molecule has 0 N–H and O–H groups in total. The van der Waals surface area contributed by atoms with Crippen molar-refractivity contribution in [3.63, 3.8) is 0 Å². The molecule has 3 rings (SSSR count). The molecule has 0 amide bonds. The lowest BCUT2D eigenvalue weighted by atomic mass is 9.80. The average molecular weight is 281 g/mol. The summed E-state index contributed by atoms with van der Waals surface area (Å²) in [7, 11) is 0. The second-order valence-electron chi connectivity index (χ2n) is 5.57. The molecule has 1 saturated heterocycles. The van der Waals surface area contributed by atoms with Gasteiger partial charge < -0.3 is 9.47 Å². The summed E-state index contributed by atoms with van der Waals surface area (Å²) in [5, 5.41) is 0. The van der Waals surface area contributed by atoms with Crippen LogP contribution in [-0.2, 0) is 15.3 Å². The Labute approximate surface area is 120 Å². The van der Waals surface area contributed by atoms with E-state index in [0.717, 1.165) is 5.56 Å². The molecule has 1 heterocycles. The summed E-state index contributed by atoms with van der Waals surface area (Å²) in [6.45, 7) is 0.606. The summed E-state index contributed by atoms with van der Waals surface area (Å²) in [6.07, 6.45) is 6.27. The van der Waals surface area contributed by atoms with Crippen molar-refractivity contribution in [3.8, 4) is 0 Å². The molecule has 0 bridgehead atoms. The molecular formula is C16H21ClO2. The molecule has 0 aromatic heterocycles. The van der Waals surface area contributed by atoms with Crippen molar-refractivity contribution >= 4 is 11.6 Å². The van der Waals surface area contributed by atoms with Gasteiger partial charge in [0.1, 0.15) is 0 Å². The molecule has 1 aliphatic heterocycles. The maximum absolute atomic E-state index is 6.27. The molecule has 2 fully saturated rings. The Morgan fingerprint density at radius 1 is 1.11 bits per heavy atom. The van der Waals surface area contributed by atoms with Crippen molar-refractivity contribution in [1.82, 2.24) is 0 Å². The van der Waals surface area contributed by atoms with Crippen LogP contribution in [0.4, 0.5) is 0 Å². The van der Waals surface area contributed by atoms with Gasteiger partial charge in [-0.05, 0) is 12.8 Å². The van der Waals surface area contributed by atoms with Gasteiger partial charge in [-0.15, -0.1) is 11.6 Å². The van der Waals surface area contributed by atoms with Crippen molar-refractivity contribution in [1.29, 1.82) is 0 Å². The highest BCUT2D eigenvalue weighted by Gasteiger charge is 2.48. The molecule has 3 heteroatoms. The lowest BCUT2D eigenvalue weighted by Gasteiger charge is -2.38. The molecule has 104 valence electrons. The van der Waals surface area contributed by atoms with Crippen LogP contribution in [0.3, 0.4) is 0 Å². The quantitative estimate of drug-likeness (QED) is 0.777. The van der Waals surface area contributed by atoms with Gasteiger partial charge in [0.05, 0.1) is 18.6 Å². The molecule has 1 aliphatic carbocycles. The van der Waals surface area contributed by atoms with Crippen molar-refractivity contribution in [2.45, 2.75) is 44.0 Å². The predicted octanol–water partition coefficient (Wildman–Crippen LogP) is 4.07. The van der Waals surface area contributed by atoms with Gasteiger partial charge in [0.2, 0.25) is 0 Å². The van der Waals surface area contributed by atoms with Crippen LogP contribution < -0.4 is 0 Å². The van der Waals surface area contributed by atoms with E-state index < -0.39 is 5.79 Å². The summed E-state index contributed by atoms with van der Waals surface area (Å²) >= 11 is 5.96. The first-order valence-electron chi connectivity index (χ1n) is 7.28. The van der Waals surface area contributed by atoms with Gasteiger partial charge in [0.15, 0.2) is 5.79 Å². The van der Waals surface area contributed by atoms with E-state index in [1.165, 1.54) is 32.1 Å². The zero-order valence-electron chi connectivity index (χ0n) is 11.2. The Morgan fingerprint density at radius 3 is 2.47 bits per heavy atom. The molecule has 1 saturated carbocycles. The van der Waals surface area contributed by atoms with Gasteiger partial charge in [0.25, 0.3) is 0 Å². The molecule has 19 heavy (non-hydrogen) atoms. The lowest BCUT2D eigenvalue weighted by Crippen LogP contribution is -2.38. The van der Waals surface area contributed by atoms with Gasteiger partial charge in [0, 0.05) is 11.5 Å². The highest BCUT2D eigenvalue weighted by atomic mass is 35.5. The normalized spacial score (nSPS) is 32.6. The zero-order chi connectivity index (χ0) is 13.1. The van der Waals surface area contributed by atoms with Crippen LogP contribution in [0.2, 0.25) is 0 Å². The number of ether oxygens (including phenoxy) is 2. The molecule has 1 aromatic rings. The third-order valence-corrected chi connectivity index (χ3v) is 4.66. The second kappa shape index (κ2) is 5.82. The summed E-state index contributed by atoms with van der Waals surface area (Å²) in [4.78, 5) is 0. The highest BCUT2D eigenvalue weighted by molar-refractivity contribution is 6.18. The molecule has 0 spiro atoms. The van der Waals surface area contributed by atoms with Crippen molar-refractivity contribution in [2.24, 2.45) is 5.92 Å². The molecular weight excluding hydrogens is 260 g/mol. The molecule has 0 radical (unpaired) electrons. The summed E-state index contributed by atoms with van der Waals surface area (Å²) in [6, 6.07) is 10.4. The highest BCUT2D eigenvalue weighted by Crippen LogP contribution is 2.46. The predicted molar refractivity (Wildman–Crippen MR) is 76.2 cm³/mol. The summed E-state index contributed by atoms with van der Waals surface area (Å²) in [5.41, 5.74) is 1.15. The average Bonchev–Trinajstić information content (AvgIpc) is 2.95. The fourth-order valence-electron chi connectivity index (χ4n) is 3.36. The van der Waals surface area contributed by atoms with E-state index in [-0.39, 0.29) is 6.10 Å². The molecule has 2 nitrogen and oxygen atoms in total. The topological polar surface area (TPSA) is 18.5 Å². The second-order valence-corrected chi connectivity index (χ2v) is 5.88. The largest absolute Gasteiger partial charge is 0.343 e. The number of hydrogen-bond acceptors (Lipinski definition) is 2. The van der Waals surface area contributed by atoms with E-state index in [0.29, 0.717) is 18.4 Å². The molecule has 2 aliphatic rings. The Bertz CT molecular complexity index is 402. The fraction of sp³-hybridized carbons (Fsp3) is 0.625. The minimum atomic E-state index is -0.554. The minimum Gasteiger partial charge on any atom is -0.343 e. The van der Waals surface area contributed by atoms with E-state index in [2.05, 4.69) is 24.3 Å². The number of benzene rings is 1. The maximum Gasteiger partial charge on any atom is 0.198 e. The van der Waals surface area contributed by atoms with Gasteiger partial charge in [-0.3, -0.25) is 0 Å². The first-order valence-corrected chi connectivity index (χ1v) is 7.82. The SMILES string of the molecule is ClCC1COC(c2ccccc2)(C2CCCCC2)O1. The van der Waals surface area contributed by atoms with Crippen LogP contribution in [0.5, 0.6) is 0 Å². The minimum absolute atomic E-state index is 0.0174. The van der Waals surface area contributed by atoms with Crippen LogP contribution in [0.25, 0.3) is 0 Å². The Hall–Kier alpha value is -0.570. The first-order chi connectivity index (χ1) is 9.35. The van der Waals surface area contributed by atoms with Crippen molar-refractivity contribution < 1.29 is 9.47 Å². The number of hydrogen-bond donors (Lipinski definition) is 0. The van der Waals surface area contributed by atoms with Crippen LogP contribution in [-0.4, -0.2) is 18.6 Å². The molecule has 1 aromatic carbocycles. The summed E-state index contributed by atoms with van der Waals surface area (Å²) < 4.78 is 12.4. The van der Waals surface area contributed by atoms with Gasteiger partial charge in [-0.25, -0.2) is 0 Å².